The first kappa shape index (κ1) is 17.0. The molecule has 4 nitrogen and oxygen atoms in total. The number of rotatable bonds is 5. The van der Waals surface area contributed by atoms with Gasteiger partial charge >= 0.3 is 0 Å². The number of benzene rings is 1. The molecule has 0 aliphatic carbocycles. The highest BCUT2D eigenvalue weighted by molar-refractivity contribution is 7.80. The molecule has 118 valence electrons. The Hall–Kier alpha value is -1.37. The fourth-order valence-corrected chi connectivity index (χ4v) is 2.35. The molecule has 0 unspecified atom stereocenters. The van der Waals surface area contributed by atoms with Crippen LogP contribution in [0.15, 0.2) is 24.4 Å². The molecular formula is C14H15Cl2FN4S. The molecule has 2 aromatic rings. The van der Waals surface area contributed by atoms with Gasteiger partial charge in [-0.2, -0.15) is 5.10 Å². The van der Waals surface area contributed by atoms with Gasteiger partial charge in [0.05, 0.1) is 15.7 Å². The van der Waals surface area contributed by atoms with E-state index < -0.39 is 5.82 Å². The van der Waals surface area contributed by atoms with Crippen LogP contribution in [0.3, 0.4) is 0 Å². The van der Waals surface area contributed by atoms with Crippen LogP contribution in [-0.2, 0) is 6.54 Å². The fraction of sp³-hybridized carbons (Fsp3) is 0.286. The van der Waals surface area contributed by atoms with Gasteiger partial charge in [-0.1, -0.05) is 23.2 Å². The van der Waals surface area contributed by atoms with Crippen molar-refractivity contribution in [3.05, 3.63) is 46.0 Å². The van der Waals surface area contributed by atoms with Gasteiger partial charge in [-0.05, 0) is 43.8 Å². The van der Waals surface area contributed by atoms with Crippen LogP contribution in [-0.4, -0.2) is 21.4 Å². The highest BCUT2D eigenvalue weighted by atomic mass is 35.5. The molecule has 0 aliphatic heterocycles. The van der Waals surface area contributed by atoms with Crippen molar-refractivity contribution in [2.75, 3.05) is 11.9 Å². The molecule has 1 aromatic carbocycles. The Kier molecular flexibility index (Phi) is 5.99. The van der Waals surface area contributed by atoms with Crippen LogP contribution < -0.4 is 10.6 Å². The molecule has 22 heavy (non-hydrogen) atoms. The van der Waals surface area contributed by atoms with E-state index in [0.29, 0.717) is 22.4 Å². The van der Waals surface area contributed by atoms with E-state index in [9.17, 15) is 4.39 Å². The van der Waals surface area contributed by atoms with Crippen LogP contribution in [0.1, 0.15) is 12.1 Å². The molecule has 0 aliphatic rings. The molecule has 0 radical (unpaired) electrons. The number of aromatic nitrogens is 2. The van der Waals surface area contributed by atoms with Crippen LogP contribution in [0.2, 0.25) is 10.0 Å². The third kappa shape index (κ3) is 4.83. The monoisotopic (exact) mass is 360 g/mol. The molecule has 0 atom stereocenters. The summed E-state index contributed by atoms with van der Waals surface area (Å²) in [6.07, 6.45) is 2.64. The summed E-state index contributed by atoms with van der Waals surface area (Å²) in [4.78, 5) is 0. The molecule has 2 N–H and O–H groups in total. The molecule has 8 heteroatoms. The molecule has 1 heterocycles. The Balaban J connectivity index is 1.72. The summed E-state index contributed by atoms with van der Waals surface area (Å²) in [6.45, 7) is 3.28. The number of hydrogen-bond acceptors (Lipinski definition) is 2. The number of nitrogens with one attached hydrogen (secondary N) is 2. The number of hydrogen-bond donors (Lipinski definition) is 2. The average Bonchev–Trinajstić information content (AvgIpc) is 2.78. The topological polar surface area (TPSA) is 41.9 Å². The molecule has 2 rings (SSSR count). The highest BCUT2D eigenvalue weighted by Gasteiger charge is 2.03. The lowest BCUT2D eigenvalue weighted by atomic mass is 10.3. The van der Waals surface area contributed by atoms with Gasteiger partial charge in [-0.25, -0.2) is 4.39 Å². The Labute approximate surface area is 143 Å². The molecule has 0 amide bonds. The normalized spacial score (nSPS) is 10.5. The van der Waals surface area contributed by atoms with E-state index in [0.717, 1.165) is 18.7 Å². The standard InChI is InChI=1S/C14H15Cl2FN4S/c1-9-12(16)8-21(20-9)6-2-5-18-14(22)19-10-3-4-13(17)11(15)7-10/h3-4,7-8H,2,5-6H2,1H3,(H2,18,19,22). The maximum absolute atomic E-state index is 13.1. The van der Waals surface area contributed by atoms with Crippen molar-refractivity contribution in [1.29, 1.82) is 0 Å². The smallest absolute Gasteiger partial charge is 0.170 e. The minimum Gasteiger partial charge on any atom is -0.362 e. The van der Waals surface area contributed by atoms with Crippen LogP contribution in [0.5, 0.6) is 0 Å². The molecule has 0 saturated heterocycles. The van der Waals surface area contributed by atoms with Gasteiger partial charge < -0.3 is 10.6 Å². The quantitative estimate of drug-likeness (QED) is 0.624. The van der Waals surface area contributed by atoms with E-state index in [1.807, 2.05) is 6.92 Å². The van der Waals surface area contributed by atoms with Crippen molar-refractivity contribution in [3.63, 3.8) is 0 Å². The summed E-state index contributed by atoms with van der Waals surface area (Å²) >= 11 is 16.8. The summed E-state index contributed by atoms with van der Waals surface area (Å²) in [5, 5.41) is 11.5. The maximum Gasteiger partial charge on any atom is 0.170 e. The highest BCUT2D eigenvalue weighted by Crippen LogP contribution is 2.19. The first-order valence-electron chi connectivity index (χ1n) is 6.65. The van der Waals surface area contributed by atoms with E-state index in [1.54, 1.807) is 16.9 Å². The minimum absolute atomic E-state index is 0.0544. The molecular weight excluding hydrogens is 346 g/mol. The zero-order valence-electron chi connectivity index (χ0n) is 11.9. The second-order valence-electron chi connectivity index (χ2n) is 4.69. The SMILES string of the molecule is Cc1nn(CCCNC(=S)Nc2ccc(F)c(Cl)c2)cc1Cl. The summed E-state index contributed by atoms with van der Waals surface area (Å²) in [5.41, 5.74) is 1.46. The van der Waals surface area contributed by atoms with Crippen LogP contribution in [0.4, 0.5) is 10.1 Å². The summed E-state index contributed by atoms with van der Waals surface area (Å²) in [6, 6.07) is 4.35. The van der Waals surface area contributed by atoms with Crippen molar-refractivity contribution in [2.24, 2.45) is 0 Å². The lowest BCUT2D eigenvalue weighted by Gasteiger charge is -2.11. The fourth-order valence-electron chi connectivity index (χ4n) is 1.80. The summed E-state index contributed by atoms with van der Waals surface area (Å²) in [5.74, 6) is -0.459. The van der Waals surface area contributed by atoms with Crippen LogP contribution >= 0.6 is 35.4 Å². The number of nitrogens with zero attached hydrogens (tertiary/aromatic N) is 2. The van der Waals surface area contributed by atoms with E-state index >= 15 is 0 Å². The van der Waals surface area contributed by atoms with E-state index in [2.05, 4.69) is 15.7 Å². The predicted molar refractivity (Wildman–Crippen MR) is 92.2 cm³/mol. The zero-order valence-corrected chi connectivity index (χ0v) is 14.2. The Bertz CT molecular complexity index is 655. The first-order valence-corrected chi connectivity index (χ1v) is 7.81. The second kappa shape index (κ2) is 7.76. The third-order valence-corrected chi connectivity index (χ3v) is 3.82. The summed E-state index contributed by atoms with van der Waals surface area (Å²) < 4.78 is 14.9. The Morgan fingerprint density at radius 1 is 1.36 bits per heavy atom. The number of thiocarbonyl (C=S) groups is 1. The Morgan fingerprint density at radius 2 is 2.14 bits per heavy atom. The zero-order chi connectivity index (χ0) is 16.1. The van der Waals surface area contributed by atoms with Crippen LogP contribution in [0, 0.1) is 12.7 Å². The average molecular weight is 361 g/mol. The predicted octanol–water partition coefficient (Wildman–Crippen LogP) is 4.01. The molecule has 0 saturated carbocycles. The number of halogens is 3. The minimum atomic E-state index is -0.459. The van der Waals surface area contributed by atoms with Crippen molar-refractivity contribution >= 4 is 46.2 Å². The lowest BCUT2D eigenvalue weighted by Crippen LogP contribution is -2.29. The van der Waals surface area contributed by atoms with E-state index in [-0.39, 0.29) is 5.02 Å². The third-order valence-electron chi connectivity index (χ3n) is 2.91. The number of aryl methyl sites for hydroxylation is 2. The van der Waals surface area contributed by atoms with Gasteiger partial charge in [0.15, 0.2) is 5.11 Å². The van der Waals surface area contributed by atoms with E-state index in [1.165, 1.54) is 12.1 Å². The van der Waals surface area contributed by atoms with Gasteiger partial charge in [-0.15, -0.1) is 0 Å². The first-order chi connectivity index (χ1) is 10.5. The van der Waals surface area contributed by atoms with Gasteiger partial charge in [-0.3, -0.25) is 4.68 Å². The van der Waals surface area contributed by atoms with Crippen molar-refractivity contribution < 1.29 is 4.39 Å². The van der Waals surface area contributed by atoms with Crippen molar-refractivity contribution in [3.8, 4) is 0 Å². The summed E-state index contributed by atoms with van der Waals surface area (Å²) in [7, 11) is 0. The number of anilines is 1. The van der Waals surface area contributed by atoms with Gasteiger partial charge in [0, 0.05) is 25.0 Å². The van der Waals surface area contributed by atoms with Crippen molar-refractivity contribution in [1.82, 2.24) is 15.1 Å². The van der Waals surface area contributed by atoms with Gasteiger partial charge in [0.25, 0.3) is 0 Å². The van der Waals surface area contributed by atoms with Gasteiger partial charge in [0.2, 0.25) is 0 Å². The van der Waals surface area contributed by atoms with Gasteiger partial charge in [0.1, 0.15) is 5.82 Å². The Morgan fingerprint density at radius 3 is 2.77 bits per heavy atom. The maximum atomic E-state index is 13.1. The lowest BCUT2D eigenvalue weighted by molar-refractivity contribution is 0.570. The van der Waals surface area contributed by atoms with E-state index in [4.69, 9.17) is 35.4 Å². The molecule has 0 spiro atoms. The molecule has 0 bridgehead atoms. The van der Waals surface area contributed by atoms with Crippen LogP contribution in [0.25, 0.3) is 0 Å². The molecule has 1 aromatic heterocycles. The second-order valence-corrected chi connectivity index (χ2v) is 5.91. The molecule has 0 fully saturated rings. The largest absolute Gasteiger partial charge is 0.362 e. The van der Waals surface area contributed by atoms with Crippen molar-refractivity contribution in [2.45, 2.75) is 19.9 Å².